The van der Waals surface area contributed by atoms with Crippen LogP contribution < -0.4 is 10.9 Å². The van der Waals surface area contributed by atoms with Gasteiger partial charge in [0.1, 0.15) is 6.54 Å². The van der Waals surface area contributed by atoms with Crippen molar-refractivity contribution in [3.05, 3.63) is 27.7 Å². The second kappa shape index (κ2) is 5.83. The van der Waals surface area contributed by atoms with Crippen molar-refractivity contribution >= 4 is 15.7 Å². The summed E-state index contributed by atoms with van der Waals surface area (Å²) in [6.45, 7) is -0.164. The highest BCUT2D eigenvalue weighted by Gasteiger charge is 2.29. The molecule has 0 saturated carbocycles. The van der Waals surface area contributed by atoms with E-state index in [1.165, 1.54) is 4.68 Å². The Balaban J connectivity index is 1.68. The molecule has 22 heavy (non-hydrogen) atoms. The van der Waals surface area contributed by atoms with Crippen molar-refractivity contribution in [1.29, 1.82) is 0 Å². The summed E-state index contributed by atoms with van der Waals surface area (Å²) < 4.78 is 23.9. The van der Waals surface area contributed by atoms with Gasteiger partial charge in [0.05, 0.1) is 17.2 Å². The minimum atomic E-state index is -3.03. The van der Waals surface area contributed by atoms with Gasteiger partial charge < -0.3 is 5.32 Å². The van der Waals surface area contributed by atoms with Gasteiger partial charge in [0, 0.05) is 12.1 Å². The normalized spacial score (nSPS) is 23.0. The SMILES string of the molecule is O=C(Cn1nc2c(cc1=O)CCCC2)NC1CCS(=O)(=O)C1. The van der Waals surface area contributed by atoms with Crippen LogP contribution >= 0.6 is 0 Å². The number of carbonyl (C=O) groups is 1. The number of hydrogen-bond donors (Lipinski definition) is 1. The Morgan fingerprint density at radius 1 is 1.36 bits per heavy atom. The van der Waals surface area contributed by atoms with E-state index in [1.807, 2.05) is 0 Å². The molecule has 8 heteroatoms. The molecule has 1 fully saturated rings. The van der Waals surface area contributed by atoms with Crippen LogP contribution in [0.25, 0.3) is 0 Å². The smallest absolute Gasteiger partial charge is 0.267 e. The van der Waals surface area contributed by atoms with Gasteiger partial charge in [-0.3, -0.25) is 9.59 Å². The molecular formula is C14H19N3O4S. The Labute approximate surface area is 128 Å². The molecule has 1 N–H and O–H groups in total. The number of nitrogens with zero attached hydrogens (tertiary/aromatic N) is 2. The highest BCUT2D eigenvalue weighted by atomic mass is 32.2. The predicted molar refractivity (Wildman–Crippen MR) is 80.3 cm³/mol. The standard InChI is InChI=1S/C14H19N3O4S/c18-13(15-11-5-6-22(20,21)9-11)8-17-14(19)7-10-3-1-2-4-12(10)16-17/h7,11H,1-6,8-9H2,(H,15,18). The lowest BCUT2D eigenvalue weighted by Crippen LogP contribution is -2.40. The molecule has 1 saturated heterocycles. The topological polar surface area (TPSA) is 98.1 Å². The summed E-state index contributed by atoms with van der Waals surface area (Å²) in [5, 5.41) is 6.95. The number of amides is 1. The molecule has 1 unspecified atom stereocenters. The fourth-order valence-electron chi connectivity index (χ4n) is 3.03. The van der Waals surface area contributed by atoms with Crippen LogP contribution in [0.3, 0.4) is 0 Å². The van der Waals surface area contributed by atoms with Gasteiger partial charge in [-0.2, -0.15) is 5.10 Å². The molecule has 1 aliphatic heterocycles. The molecule has 2 heterocycles. The summed E-state index contributed by atoms with van der Waals surface area (Å²) in [5.74, 6) is -0.285. The van der Waals surface area contributed by atoms with Gasteiger partial charge in [-0.25, -0.2) is 13.1 Å². The maximum atomic E-state index is 12.0. The monoisotopic (exact) mass is 325 g/mol. The molecule has 0 radical (unpaired) electrons. The maximum Gasteiger partial charge on any atom is 0.267 e. The molecule has 0 bridgehead atoms. The molecule has 0 aromatic carbocycles. The molecule has 1 aromatic rings. The summed E-state index contributed by atoms with van der Waals surface area (Å²) in [4.78, 5) is 24.0. The Bertz CT molecular complexity index is 754. The van der Waals surface area contributed by atoms with E-state index in [0.29, 0.717) is 6.42 Å². The quantitative estimate of drug-likeness (QED) is 0.802. The third-order valence-corrected chi connectivity index (χ3v) is 5.93. The van der Waals surface area contributed by atoms with E-state index >= 15 is 0 Å². The summed E-state index contributed by atoms with van der Waals surface area (Å²) in [7, 11) is -3.03. The first kappa shape index (κ1) is 15.2. The number of carbonyl (C=O) groups excluding carboxylic acids is 1. The van der Waals surface area contributed by atoms with Gasteiger partial charge in [0.2, 0.25) is 5.91 Å². The number of hydrogen-bond acceptors (Lipinski definition) is 5. The molecule has 2 aliphatic rings. The fourth-order valence-corrected chi connectivity index (χ4v) is 4.71. The van der Waals surface area contributed by atoms with Crippen LogP contribution in [0.5, 0.6) is 0 Å². The zero-order valence-corrected chi connectivity index (χ0v) is 13.1. The average molecular weight is 325 g/mol. The van der Waals surface area contributed by atoms with E-state index in [2.05, 4.69) is 10.4 Å². The van der Waals surface area contributed by atoms with Crippen molar-refractivity contribution in [2.75, 3.05) is 11.5 Å². The molecule has 3 rings (SSSR count). The largest absolute Gasteiger partial charge is 0.351 e. The third kappa shape index (κ3) is 3.37. The molecule has 0 spiro atoms. The zero-order valence-electron chi connectivity index (χ0n) is 12.2. The number of aromatic nitrogens is 2. The van der Waals surface area contributed by atoms with Gasteiger partial charge >= 0.3 is 0 Å². The van der Waals surface area contributed by atoms with Gasteiger partial charge in [0.25, 0.3) is 5.56 Å². The van der Waals surface area contributed by atoms with Gasteiger partial charge in [-0.05, 0) is 37.7 Å². The highest BCUT2D eigenvalue weighted by molar-refractivity contribution is 7.91. The summed E-state index contributed by atoms with van der Waals surface area (Å²) in [5.41, 5.74) is 1.59. The van der Waals surface area contributed by atoms with E-state index < -0.39 is 9.84 Å². The van der Waals surface area contributed by atoms with Crippen molar-refractivity contribution in [2.24, 2.45) is 0 Å². The Morgan fingerprint density at radius 3 is 2.86 bits per heavy atom. The Morgan fingerprint density at radius 2 is 2.14 bits per heavy atom. The van der Waals surface area contributed by atoms with Gasteiger partial charge in [-0.15, -0.1) is 0 Å². The molecule has 1 aliphatic carbocycles. The van der Waals surface area contributed by atoms with Gasteiger partial charge in [0.15, 0.2) is 9.84 Å². The van der Waals surface area contributed by atoms with Crippen LogP contribution in [-0.4, -0.2) is 41.7 Å². The fraction of sp³-hybridized carbons (Fsp3) is 0.643. The summed E-state index contributed by atoms with van der Waals surface area (Å²) >= 11 is 0. The van der Waals surface area contributed by atoms with Crippen LogP contribution in [0.2, 0.25) is 0 Å². The van der Waals surface area contributed by atoms with Crippen LogP contribution in [0.1, 0.15) is 30.5 Å². The Hall–Kier alpha value is -1.70. The molecule has 1 aromatic heterocycles. The van der Waals surface area contributed by atoms with E-state index in [9.17, 15) is 18.0 Å². The molecular weight excluding hydrogens is 306 g/mol. The molecule has 1 atom stereocenters. The van der Waals surface area contributed by atoms with Crippen molar-refractivity contribution in [3.63, 3.8) is 0 Å². The highest BCUT2D eigenvalue weighted by Crippen LogP contribution is 2.16. The lowest BCUT2D eigenvalue weighted by atomic mass is 9.97. The van der Waals surface area contributed by atoms with Crippen molar-refractivity contribution in [1.82, 2.24) is 15.1 Å². The number of nitrogens with one attached hydrogen (secondary N) is 1. The molecule has 120 valence electrons. The van der Waals surface area contributed by atoms with Gasteiger partial charge in [-0.1, -0.05) is 0 Å². The first-order valence-corrected chi connectivity index (χ1v) is 9.35. The lowest BCUT2D eigenvalue weighted by molar-refractivity contribution is -0.122. The second-order valence-corrected chi connectivity index (χ2v) is 8.22. The van der Waals surface area contributed by atoms with Crippen LogP contribution in [0.15, 0.2) is 10.9 Å². The van der Waals surface area contributed by atoms with Crippen molar-refractivity contribution in [2.45, 2.75) is 44.7 Å². The van der Waals surface area contributed by atoms with E-state index in [1.54, 1.807) is 6.07 Å². The number of fused-ring (bicyclic) bond motifs is 1. The van der Waals surface area contributed by atoms with E-state index in [-0.39, 0.29) is 35.6 Å². The number of rotatable bonds is 3. The Kier molecular flexibility index (Phi) is 4.03. The van der Waals surface area contributed by atoms with Crippen LogP contribution in [0.4, 0.5) is 0 Å². The van der Waals surface area contributed by atoms with E-state index in [4.69, 9.17) is 0 Å². The molecule has 7 nitrogen and oxygen atoms in total. The first-order valence-electron chi connectivity index (χ1n) is 7.53. The first-order chi connectivity index (χ1) is 10.4. The second-order valence-electron chi connectivity index (χ2n) is 5.99. The summed E-state index contributed by atoms with van der Waals surface area (Å²) in [6.07, 6.45) is 4.24. The number of aryl methyl sites for hydroxylation is 2. The van der Waals surface area contributed by atoms with Crippen LogP contribution in [-0.2, 0) is 34.0 Å². The predicted octanol–water partition coefficient (Wildman–Crippen LogP) is -0.575. The van der Waals surface area contributed by atoms with Crippen LogP contribution in [0, 0.1) is 0 Å². The van der Waals surface area contributed by atoms with Crippen molar-refractivity contribution in [3.8, 4) is 0 Å². The zero-order chi connectivity index (χ0) is 15.7. The maximum absolute atomic E-state index is 12.0. The third-order valence-electron chi connectivity index (χ3n) is 4.16. The number of sulfone groups is 1. The molecule has 1 amide bonds. The minimum Gasteiger partial charge on any atom is -0.351 e. The minimum absolute atomic E-state index is 0.0226. The summed E-state index contributed by atoms with van der Waals surface area (Å²) in [6, 6.07) is 1.21. The lowest BCUT2D eigenvalue weighted by Gasteiger charge is -2.16. The van der Waals surface area contributed by atoms with E-state index in [0.717, 1.165) is 36.9 Å². The average Bonchev–Trinajstić information content (AvgIpc) is 2.78. The van der Waals surface area contributed by atoms with Crippen molar-refractivity contribution < 1.29 is 13.2 Å².